The highest BCUT2D eigenvalue weighted by Gasteiger charge is 2.31. The molecule has 0 aliphatic rings. The Hall–Kier alpha value is -2.65. The minimum absolute atomic E-state index is 0.181. The zero-order valence-electron chi connectivity index (χ0n) is 10.6. The molecule has 0 spiro atoms. The van der Waals surface area contributed by atoms with Crippen LogP contribution >= 0.6 is 0 Å². The Morgan fingerprint density at radius 2 is 2.00 bits per heavy atom. The van der Waals surface area contributed by atoms with Crippen LogP contribution in [0.5, 0.6) is 0 Å². The topological polar surface area (TPSA) is 90.0 Å². The summed E-state index contributed by atoms with van der Waals surface area (Å²) >= 11 is 0. The van der Waals surface area contributed by atoms with Gasteiger partial charge in [-0.15, -0.1) is 0 Å². The van der Waals surface area contributed by atoms with E-state index in [9.17, 15) is 22.8 Å². The number of hydrogen-bond donors (Lipinski definition) is 1. The fourth-order valence-corrected chi connectivity index (χ4v) is 1.72. The fraction of sp³-hybridized carbons (Fsp3) is 0.273. The van der Waals surface area contributed by atoms with E-state index >= 15 is 0 Å². The molecule has 0 saturated heterocycles. The van der Waals surface area contributed by atoms with Crippen molar-refractivity contribution in [1.82, 2.24) is 19.8 Å². The molecule has 0 radical (unpaired) electrons. The van der Waals surface area contributed by atoms with E-state index in [4.69, 9.17) is 5.11 Å². The van der Waals surface area contributed by atoms with Crippen LogP contribution in [0.4, 0.5) is 13.2 Å². The molecule has 1 heterocycles. The van der Waals surface area contributed by atoms with Crippen LogP contribution in [0.15, 0.2) is 23.0 Å². The molecule has 10 heteroatoms. The van der Waals surface area contributed by atoms with Crippen molar-refractivity contribution in [3.63, 3.8) is 0 Å². The molecule has 2 aromatic rings. The maximum absolute atomic E-state index is 12.7. The Bertz CT molecular complexity index is 748. The molecule has 1 N–H and O–H groups in total. The van der Waals surface area contributed by atoms with Gasteiger partial charge in [0.25, 0.3) is 0 Å². The average Bonchev–Trinajstić information content (AvgIpc) is 2.69. The third kappa shape index (κ3) is 2.93. The number of nitrogens with zero attached hydrogens (tertiary/aromatic N) is 4. The van der Waals surface area contributed by atoms with Gasteiger partial charge in [0.05, 0.1) is 17.7 Å². The van der Waals surface area contributed by atoms with Crippen molar-refractivity contribution >= 4 is 5.97 Å². The van der Waals surface area contributed by atoms with Crippen LogP contribution in [0.25, 0.3) is 0 Å². The number of benzene rings is 1. The van der Waals surface area contributed by atoms with Crippen LogP contribution < -0.4 is 5.69 Å². The lowest BCUT2D eigenvalue weighted by molar-refractivity contribution is -0.137. The van der Waals surface area contributed by atoms with Crippen LogP contribution in [-0.4, -0.2) is 30.9 Å². The number of carboxylic acids is 1. The smallest absolute Gasteiger partial charge is 0.416 e. The molecule has 0 aliphatic carbocycles. The lowest BCUT2D eigenvalue weighted by Gasteiger charge is -2.11. The minimum Gasteiger partial charge on any atom is -0.478 e. The summed E-state index contributed by atoms with van der Waals surface area (Å²) < 4.78 is 39.7. The number of aromatic nitrogens is 4. The molecule has 1 aromatic heterocycles. The van der Waals surface area contributed by atoms with Crippen LogP contribution in [0.3, 0.4) is 0 Å². The predicted octanol–water partition coefficient (Wildman–Crippen LogP) is 0.742. The lowest BCUT2D eigenvalue weighted by Crippen LogP contribution is -2.24. The molecule has 0 fully saturated rings. The van der Waals surface area contributed by atoms with Crippen LogP contribution in [-0.2, 0) is 19.8 Å². The minimum atomic E-state index is -4.61. The molecule has 0 aliphatic heterocycles. The van der Waals surface area contributed by atoms with Crippen molar-refractivity contribution < 1.29 is 23.1 Å². The number of carbonyl (C=O) groups is 1. The van der Waals surface area contributed by atoms with E-state index in [1.165, 1.54) is 7.05 Å². The number of halogens is 3. The number of rotatable bonds is 3. The van der Waals surface area contributed by atoms with Gasteiger partial charge in [-0.05, 0) is 34.2 Å². The number of tetrazole rings is 1. The largest absolute Gasteiger partial charge is 0.478 e. The van der Waals surface area contributed by atoms with E-state index in [0.29, 0.717) is 12.1 Å². The first-order valence-corrected chi connectivity index (χ1v) is 5.60. The molecule has 7 nitrogen and oxygen atoms in total. The summed E-state index contributed by atoms with van der Waals surface area (Å²) in [7, 11) is 1.32. The van der Waals surface area contributed by atoms with Gasteiger partial charge in [-0.25, -0.2) is 9.59 Å². The maximum atomic E-state index is 12.7. The molecule has 1 aromatic carbocycles. The standard InChI is InChI=1S/C11H9F3N4O3/c1-17-10(21)18(16-15-17)5-6-4-7(11(12,13)14)2-3-8(6)9(19)20/h2-4H,5H2,1H3,(H,19,20). The van der Waals surface area contributed by atoms with Gasteiger partial charge in [-0.3, -0.25) is 0 Å². The summed E-state index contributed by atoms with van der Waals surface area (Å²) in [4.78, 5) is 22.6. The van der Waals surface area contributed by atoms with Crippen molar-refractivity contribution in [2.45, 2.75) is 12.7 Å². The first-order valence-electron chi connectivity index (χ1n) is 5.60. The molecule has 112 valence electrons. The van der Waals surface area contributed by atoms with E-state index in [-0.39, 0.29) is 11.1 Å². The summed E-state index contributed by atoms with van der Waals surface area (Å²) in [6.45, 7) is -0.418. The molecular formula is C11H9F3N4O3. The van der Waals surface area contributed by atoms with Gasteiger partial charge in [0.1, 0.15) is 0 Å². The summed E-state index contributed by atoms with van der Waals surface area (Å²) in [5, 5.41) is 15.9. The third-order valence-electron chi connectivity index (χ3n) is 2.76. The van der Waals surface area contributed by atoms with Gasteiger partial charge in [0.15, 0.2) is 0 Å². The molecule has 0 bridgehead atoms. The lowest BCUT2D eigenvalue weighted by atomic mass is 10.0. The predicted molar refractivity (Wildman–Crippen MR) is 62.8 cm³/mol. The first-order chi connectivity index (χ1) is 9.70. The zero-order chi connectivity index (χ0) is 15.8. The molecule has 0 amide bonds. The zero-order valence-corrected chi connectivity index (χ0v) is 10.6. The molecule has 0 atom stereocenters. The molecule has 2 rings (SSSR count). The highest BCUT2D eigenvalue weighted by molar-refractivity contribution is 5.89. The van der Waals surface area contributed by atoms with Gasteiger partial charge in [0, 0.05) is 7.05 Å². The SMILES string of the molecule is Cn1nnn(Cc2cc(C(F)(F)F)ccc2C(=O)O)c1=O. The number of aryl methyl sites for hydroxylation is 1. The Balaban J connectivity index is 2.51. The van der Waals surface area contributed by atoms with Crippen molar-refractivity contribution in [3.8, 4) is 0 Å². The van der Waals surface area contributed by atoms with Crippen LogP contribution in [0.2, 0.25) is 0 Å². The van der Waals surface area contributed by atoms with Crippen LogP contribution in [0.1, 0.15) is 21.5 Å². The Morgan fingerprint density at radius 1 is 1.33 bits per heavy atom. The van der Waals surface area contributed by atoms with Gasteiger partial charge in [-0.2, -0.15) is 22.5 Å². The van der Waals surface area contributed by atoms with Gasteiger partial charge in [0.2, 0.25) is 0 Å². The van der Waals surface area contributed by atoms with E-state index in [1.54, 1.807) is 0 Å². The summed E-state index contributed by atoms with van der Waals surface area (Å²) in [6, 6.07) is 2.21. The maximum Gasteiger partial charge on any atom is 0.416 e. The second kappa shape index (κ2) is 5.04. The number of alkyl halides is 3. The Morgan fingerprint density at radius 3 is 2.48 bits per heavy atom. The average molecular weight is 302 g/mol. The van der Waals surface area contributed by atoms with Crippen molar-refractivity contribution in [2.24, 2.45) is 7.05 Å². The van der Waals surface area contributed by atoms with Gasteiger partial charge < -0.3 is 5.11 Å². The molecular weight excluding hydrogens is 293 g/mol. The van der Waals surface area contributed by atoms with Crippen molar-refractivity contribution in [3.05, 3.63) is 45.4 Å². The van der Waals surface area contributed by atoms with Gasteiger partial charge >= 0.3 is 17.8 Å². The molecule has 21 heavy (non-hydrogen) atoms. The Labute approximate surface area is 115 Å². The van der Waals surface area contributed by atoms with E-state index in [1.807, 2.05) is 0 Å². The number of carboxylic acid groups (broad SMARTS) is 1. The van der Waals surface area contributed by atoms with Crippen LogP contribution in [0, 0.1) is 0 Å². The summed E-state index contributed by atoms with van der Waals surface area (Å²) in [6.07, 6.45) is -4.61. The third-order valence-corrected chi connectivity index (χ3v) is 2.76. The summed E-state index contributed by atoms with van der Waals surface area (Å²) in [5.41, 5.74) is -2.18. The highest BCUT2D eigenvalue weighted by atomic mass is 19.4. The van der Waals surface area contributed by atoms with Crippen molar-refractivity contribution in [1.29, 1.82) is 0 Å². The van der Waals surface area contributed by atoms with E-state index < -0.39 is 29.9 Å². The summed E-state index contributed by atoms with van der Waals surface area (Å²) in [5.74, 6) is -1.39. The highest BCUT2D eigenvalue weighted by Crippen LogP contribution is 2.30. The van der Waals surface area contributed by atoms with E-state index in [0.717, 1.165) is 15.4 Å². The van der Waals surface area contributed by atoms with Crippen molar-refractivity contribution in [2.75, 3.05) is 0 Å². The normalized spacial score (nSPS) is 11.6. The van der Waals surface area contributed by atoms with Gasteiger partial charge in [-0.1, -0.05) is 0 Å². The second-order valence-electron chi connectivity index (χ2n) is 4.22. The Kier molecular flexibility index (Phi) is 3.54. The number of aromatic carboxylic acids is 1. The number of hydrogen-bond acceptors (Lipinski definition) is 4. The van der Waals surface area contributed by atoms with E-state index in [2.05, 4.69) is 10.4 Å². The molecule has 0 saturated carbocycles. The monoisotopic (exact) mass is 302 g/mol. The molecule has 0 unspecified atom stereocenters. The second-order valence-corrected chi connectivity index (χ2v) is 4.22. The quantitative estimate of drug-likeness (QED) is 0.903. The first kappa shape index (κ1) is 14.8. The fourth-order valence-electron chi connectivity index (χ4n) is 1.72.